The normalized spacial score (nSPS) is 16.2. The van der Waals surface area contributed by atoms with Gasteiger partial charge in [0.1, 0.15) is 5.54 Å². The van der Waals surface area contributed by atoms with Crippen LogP contribution in [0.3, 0.4) is 0 Å². The van der Waals surface area contributed by atoms with E-state index in [9.17, 15) is 9.59 Å². The molecule has 0 aromatic heterocycles. The molecule has 1 heterocycles. The van der Waals surface area contributed by atoms with E-state index in [1.54, 1.807) is 4.90 Å². The highest BCUT2D eigenvalue weighted by Crippen LogP contribution is 2.35. The third kappa shape index (κ3) is 4.67. The number of para-hydroxylation sites is 1. The molecule has 1 aliphatic rings. The topological polar surface area (TPSA) is 49.9 Å². The van der Waals surface area contributed by atoms with Crippen molar-refractivity contribution in [1.82, 2.24) is 4.90 Å². The molecule has 5 heteroatoms. The number of amides is 1. The number of hydrogen-bond donors (Lipinski definition) is 0. The van der Waals surface area contributed by atoms with Gasteiger partial charge in [0.15, 0.2) is 0 Å². The second-order valence-electron chi connectivity index (χ2n) is 7.52. The molecule has 5 nitrogen and oxygen atoms in total. The Morgan fingerprint density at radius 1 is 1.00 bits per heavy atom. The second-order valence-corrected chi connectivity index (χ2v) is 7.52. The number of rotatable bonds is 7. The number of carbonyl (C=O) groups excluding carboxylic acids is 2. The monoisotopic (exact) mass is 371 g/mol. The van der Waals surface area contributed by atoms with Gasteiger partial charge in [0.25, 0.3) is 0 Å². The lowest BCUT2D eigenvalue weighted by atomic mass is 8.90. The number of methoxy groups -OCH3 is 1. The van der Waals surface area contributed by atoms with E-state index in [4.69, 9.17) is 4.74 Å². The quantitative estimate of drug-likeness (QED) is 0.697. The molecule has 2 aromatic rings. The first-order valence-electron chi connectivity index (χ1n) is 10.3. The molecule has 0 unspecified atom stereocenters. The van der Waals surface area contributed by atoms with Gasteiger partial charge in [-0.05, 0) is 37.0 Å². The molecule has 0 radical (unpaired) electrons. The van der Waals surface area contributed by atoms with Crippen molar-refractivity contribution in [2.45, 2.75) is 38.1 Å². The molecule has 2 aromatic carbocycles. The van der Waals surface area contributed by atoms with E-state index >= 15 is 0 Å². The van der Waals surface area contributed by atoms with Crippen molar-refractivity contribution in [3.63, 3.8) is 0 Å². The fraction of sp³-hybridized carbons (Fsp3) is 0.417. The van der Waals surface area contributed by atoms with Crippen molar-refractivity contribution >= 4 is 17.6 Å². The van der Waals surface area contributed by atoms with Gasteiger partial charge in [-0.15, -0.1) is 0 Å². The summed E-state index contributed by atoms with van der Waals surface area (Å²) < 4.78 is 5.20. The predicted octanol–water partition coefficient (Wildman–Crippen LogP) is 3.68. The van der Waals surface area contributed by atoms with Crippen molar-refractivity contribution < 1.29 is 14.3 Å². The van der Waals surface area contributed by atoms with Crippen molar-refractivity contribution in [3.05, 3.63) is 66.2 Å². The number of nitrogens with zero attached hydrogens (tertiary/aromatic N) is 2. The maximum Gasteiger partial charge on any atom is 0.332 e. The number of piperidine rings is 1. The number of carbonyl (C=O) groups is 2. The van der Waals surface area contributed by atoms with Gasteiger partial charge in [-0.2, -0.15) is 0 Å². The zero-order valence-electron chi connectivity index (χ0n) is 17.3. The van der Waals surface area contributed by atoms with Gasteiger partial charge in [0.05, 0.1) is 7.11 Å². The van der Waals surface area contributed by atoms with Gasteiger partial charge in [-0.25, -0.2) is 4.79 Å². The summed E-state index contributed by atoms with van der Waals surface area (Å²) in [5.41, 5.74) is 1.11. The largest absolute Gasteiger partial charge is 0.467 e. The number of ether oxygens (including phenoxy) is 1. The Morgan fingerprint density at radius 3 is 2.14 bits per heavy atom. The predicted molar refractivity (Wildman–Crippen MR) is 115 cm³/mol. The molecule has 0 aliphatic carbocycles. The van der Waals surface area contributed by atoms with Crippen LogP contribution in [0.4, 0.5) is 5.69 Å². The highest BCUT2D eigenvalue weighted by atomic mass is 16.4. The summed E-state index contributed by atoms with van der Waals surface area (Å²) in [5.74, 6) is -0.384. The average molecular weight is 372 g/mol. The van der Waals surface area contributed by atoms with Crippen molar-refractivity contribution in [2.75, 3.05) is 31.6 Å². The van der Waals surface area contributed by atoms with Crippen LogP contribution in [0.1, 0.15) is 31.7 Å². The lowest BCUT2D eigenvalue weighted by molar-refractivity contribution is -0.151. The van der Waals surface area contributed by atoms with E-state index < -0.39 is 5.54 Å². The van der Waals surface area contributed by atoms with Crippen molar-refractivity contribution in [1.29, 1.82) is 0 Å². The third-order valence-corrected chi connectivity index (χ3v) is 5.80. The van der Waals surface area contributed by atoms with Crippen molar-refractivity contribution in [2.24, 2.45) is 0 Å². The zero-order valence-corrected chi connectivity index (χ0v) is 17.3. The SMILES string of the molecule is [11CH3][11CH2]C(=O)N([11c]1[11cH][11cH][11cH][11cH][11cH]1)[11C]1([11C](=O)O[11CH3])[11CH2][11CH2]N([11CH2][11CH2][11c]2[11cH][11cH][11cH][11cH][11cH]2)[11CH2][11CH2]1. The molecule has 1 aliphatic heterocycles. The van der Waals surface area contributed by atoms with E-state index in [2.05, 4.69) is 29.2 Å². The molecule has 0 N–H and O–H groups in total. The summed E-state index contributed by atoms with van der Waals surface area (Å²) in [4.78, 5) is 30.0. The van der Waals surface area contributed by atoms with Crippen LogP contribution in [-0.2, 0) is 20.7 Å². The third-order valence-electron chi connectivity index (χ3n) is 5.80. The summed E-state index contributed by atoms with van der Waals surface area (Å²) in [7, 11) is 1.41. The molecule has 3 rings (SSSR count). The fourth-order valence-electron chi connectivity index (χ4n) is 4.15. The number of benzene rings is 2. The molecule has 1 saturated heterocycles. The van der Waals surface area contributed by atoms with Crippen LogP contribution < -0.4 is 4.90 Å². The van der Waals surface area contributed by atoms with Crippen LogP contribution in [0.5, 0.6) is 0 Å². The first-order valence-corrected chi connectivity index (χ1v) is 10.3. The zero-order chi connectivity index (χ0) is 20.7. The van der Waals surface area contributed by atoms with E-state index in [-0.39, 0.29) is 11.9 Å². The van der Waals surface area contributed by atoms with E-state index in [1.807, 2.05) is 43.3 Å². The summed E-state index contributed by atoms with van der Waals surface area (Å²) in [5, 5.41) is 0. The van der Waals surface area contributed by atoms with Crippen LogP contribution >= 0.6 is 0 Å². The minimum Gasteiger partial charge on any atom is -0.467 e. The number of hydrogen-bond acceptors (Lipinski definition) is 4. The molecule has 0 saturated carbocycles. The summed E-state index contributed by atoms with van der Waals surface area (Å²) in [6, 6.07) is 19.9. The lowest BCUT2D eigenvalue weighted by Gasteiger charge is -2.46. The van der Waals surface area contributed by atoms with Gasteiger partial charge >= 0.3 is 5.97 Å². The average Bonchev–Trinajstić information content (AvgIpc) is 2.79. The van der Waals surface area contributed by atoms with Crippen LogP contribution in [0, 0.1) is 0 Å². The van der Waals surface area contributed by atoms with Crippen LogP contribution in [0.15, 0.2) is 60.7 Å². The molecule has 0 spiro atoms. The molecule has 0 atom stereocenters. The minimum atomic E-state index is -0.952. The van der Waals surface area contributed by atoms with Gasteiger partial charge in [0.2, 0.25) is 5.91 Å². The fourth-order valence-corrected chi connectivity index (χ4v) is 4.15. The number of anilines is 1. The molecule has 1 fully saturated rings. The Balaban J connectivity index is 1.79. The summed E-state index contributed by atoms with van der Waals surface area (Å²) >= 11 is 0. The van der Waals surface area contributed by atoms with E-state index in [1.165, 1.54) is 12.7 Å². The van der Waals surface area contributed by atoms with E-state index in [0.29, 0.717) is 19.3 Å². The van der Waals surface area contributed by atoms with Gasteiger partial charge in [-0.3, -0.25) is 9.69 Å². The first-order chi connectivity index (χ1) is 14.1. The smallest absolute Gasteiger partial charge is 0.332 e. The molecule has 0 bridgehead atoms. The lowest BCUT2D eigenvalue weighted by Crippen LogP contribution is -2.62. The standard InChI is InChI=1S/C24H30N2O3/c1-3-22(27)26(21-12-8-5-9-13-21)24(23(28)29-2)15-18-25(19-16-24)17-14-20-10-6-4-7-11-20/h4-13H,3,14-19H2,1-2H3/i1-1,2-1,3-1,4-1,5-1,6-1,7-1,8-1,9-1,10-1,11-1,12-1,13-1,14-1,15-1,16-1,17-1,18-1,19-1,20-1,21-1,23-1,24-1. The minimum absolute atomic E-state index is 0.0562. The number of esters is 1. The maximum atomic E-state index is 13.0. The molecule has 154 valence electrons. The summed E-state index contributed by atoms with van der Waals surface area (Å²) in [6.07, 6.45) is 2.44. The Kier molecular flexibility index (Phi) is 7.04. The molecular formula is C24H30N2O3. The first kappa shape index (κ1) is 21.1. The van der Waals surface area contributed by atoms with Gasteiger partial charge < -0.3 is 9.64 Å². The summed E-state index contributed by atoms with van der Waals surface area (Å²) in [6.45, 7) is 4.27. The Hall–Kier alpha value is -2.66. The molecular weight excluding hydrogens is 341 g/mol. The highest BCUT2D eigenvalue weighted by Gasteiger charge is 2.49. The molecule has 29 heavy (non-hydrogen) atoms. The van der Waals surface area contributed by atoms with Gasteiger partial charge in [-0.1, -0.05) is 55.5 Å². The van der Waals surface area contributed by atoms with Crippen LogP contribution in [-0.4, -0.2) is 49.1 Å². The van der Waals surface area contributed by atoms with Crippen molar-refractivity contribution in [3.8, 4) is 0 Å². The molecule has 1 amide bonds. The van der Waals surface area contributed by atoms with Crippen LogP contribution in [0.2, 0.25) is 0 Å². The van der Waals surface area contributed by atoms with E-state index in [0.717, 1.165) is 31.7 Å². The van der Waals surface area contributed by atoms with Gasteiger partial charge in [0, 0.05) is 31.7 Å². The number of likely N-dealkylation sites (tertiary alicyclic amines) is 1. The van der Waals surface area contributed by atoms with Crippen LogP contribution in [0.25, 0.3) is 0 Å². The Bertz CT molecular complexity index is 799. The second kappa shape index (κ2) is 9.70. The highest BCUT2D eigenvalue weighted by molar-refractivity contribution is 6.02. The Labute approximate surface area is 173 Å². The maximum absolute atomic E-state index is 13.0. The Morgan fingerprint density at radius 2 is 1.59 bits per heavy atom.